The summed E-state index contributed by atoms with van der Waals surface area (Å²) in [6, 6.07) is 9.92. The molecule has 1 amide bonds. The monoisotopic (exact) mass is 534 g/mol. The number of halogens is 1. The van der Waals surface area contributed by atoms with Crippen molar-refractivity contribution in [3.8, 4) is 16.2 Å². The number of ether oxygens (including phenoxy) is 3. The normalized spacial score (nSPS) is 10.4. The minimum absolute atomic E-state index is 0.161. The maximum absolute atomic E-state index is 12.5. The Morgan fingerprint density at radius 2 is 2.00 bits per heavy atom. The first-order valence-electron chi connectivity index (χ1n) is 9.63. The molecule has 1 N–H and O–H groups in total. The number of nitrogens with one attached hydrogen (secondary N) is 1. The second kappa shape index (κ2) is 10.9. The number of aromatic nitrogens is 1. The molecule has 9 nitrogen and oxygen atoms in total. The molecule has 0 radical (unpaired) electrons. The van der Waals surface area contributed by atoms with E-state index in [1.165, 1.54) is 31.6 Å². The maximum Gasteiger partial charge on any atom is 0.351 e. The van der Waals surface area contributed by atoms with Crippen LogP contribution in [0.25, 0.3) is 10.4 Å². The van der Waals surface area contributed by atoms with E-state index in [4.69, 9.17) is 14.2 Å². The molecule has 0 fully saturated rings. The Morgan fingerprint density at radius 3 is 2.70 bits per heavy atom. The van der Waals surface area contributed by atoms with Crippen molar-refractivity contribution < 1.29 is 33.3 Å². The number of hydrogen-bond donors (Lipinski definition) is 1. The third-order valence-electron chi connectivity index (χ3n) is 4.24. The van der Waals surface area contributed by atoms with Crippen LogP contribution in [0.1, 0.15) is 27.0 Å². The molecular formula is C22H19BrN2O7S. The lowest BCUT2D eigenvalue weighted by Gasteiger charge is -2.08. The first-order valence-corrected chi connectivity index (χ1v) is 11.2. The largest absolute Gasteiger partial charge is 0.619 e. The fraction of sp³-hybridized carbons (Fsp3) is 0.182. The van der Waals surface area contributed by atoms with Crippen LogP contribution in [0.15, 0.2) is 53.3 Å². The first-order chi connectivity index (χ1) is 15.8. The molecule has 0 bridgehead atoms. The predicted molar refractivity (Wildman–Crippen MR) is 124 cm³/mol. The van der Waals surface area contributed by atoms with Crippen LogP contribution in [0, 0.1) is 5.21 Å². The molecule has 0 atom stereocenters. The van der Waals surface area contributed by atoms with Gasteiger partial charge in [-0.15, -0.1) is 11.3 Å². The highest BCUT2D eigenvalue weighted by molar-refractivity contribution is 9.10. The topological polar surface area (TPSA) is 118 Å². The number of thiophene rings is 1. The van der Waals surface area contributed by atoms with Gasteiger partial charge in [0, 0.05) is 11.8 Å². The lowest BCUT2D eigenvalue weighted by atomic mass is 10.1. The van der Waals surface area contributed by atoms with Crippen molar-refractivity contribution in [3.05, 3.63) is 68.9 Å². The van der Waals surface area contributed by atoms with Crippen molar-refractivity contribution in [2.45, 2.75) is 6.92 Å². The number of rotatable bonds is 8. The van der Waals surface area contributed by atoms with E-state index >= 15 is 0 Å². The number of nitrogens with zero attached hydrogens (tertiary/aromatic N) is 1. The quantitative estimate of drug-likeness (QED) is 0.265. The van der Waals surface area contributed by atoms with Gasteiger partial charge in [0.2, 0.25) is 0 Å². The van der Waals surface area contributed by atoms with Gasteiger partial charge in [-0.3, -0.25) is 4.79 Å². The summed E-state index contributed by atoms with van der Waals surface area (Å²) in [5, 5.41) is 14.2. The van der Waals surface area contributed by atoms with E-state index in [0.717, 1.165) is 11.3 Å². The van der Waals surface area contributed by atoms with E-state index in [0.29, 0.717) is 25.3 Å². The lowest BCUT2D eigenvalue weighted by Crippen LogP contribution is -2.27. The van der Waals surface area contributed by atoms with E-state index in [1.54, 1.807) is 31.2 Å². The summed E-state index contributed by atoms with van der Waals surface area (Å²) in [5.74, 6) is -1.48. The van der Waals surface area contributed by atoms with Crippen LogP contribution in [0.3, 0.4) is 0 Å². The van der Waals surface area contributed by atoms with Gasteiger partial charge in [0.15, 0.2) is 29.6 Å². The van der Waals surface area contributed by atoms with Crippen molar-refractivity contribution in [3.63, 3.8) is 0 Å². The van der Waals surface area contributed by atoms with E-state index in [-0.39, 0.29) is 29.4 Å². The highest BCUT2D eigenvalue weighted by Crippen LogP contribution is 2.46. The number of pyridine rings is 1. The molecule has 0 saturated carbocycles. The number of esters is 2. The Balaban J connectivity index is 1.90. The molecule has 0 aliphatic heterocycles. The second-order valence-electron chi connectivity index (χ2n) is 6.48. The minimum Gasteiger partial charge on any atom is -0.619 e. The van der Waals surface area contributed by atoms with Crippen LogP contribution < -0.4 is 14.8 Å². The SMILES string of the molecule is CCOC(=O)COc1c(C(=O)OC)sc(-c2cccc(NC(=O)c3ccc[n+]([O-])c3)c2)c1Br. The van der Waals surface area contributed by atoms with Crippen LogP contribution in [0.5, 0.6) is 5.75 Å². The maximum atomic E-state index is 12.5. The standard InChI is InChI=1S/C22H19BrN2O7S/c1-3-31-16(26)12-32-18-17(23)19(33-20(18)22(28)30-2)13-6-4-8-15(10-13)24-21(27)14-7-5-9-25(29)11-14/h4-11H,3,12H2,1-2H3,(H,24,27). The number of amides is 1. The van der Waals surface area contributed by atoms with Gasteiger partial charge in [-0.2, -0.15) is 4.73 Å². The van der Waals surface area contributed by atoms with E-state index in [1.807, 2.05) is 0 Å². The molecule has 2 heterocycles. The van der Waals surface area contributed by atoms with Crippen molar-refractivity contribution in [2.24, 2.45) is 0 Å². The molecule has 33 heavy (non-hydrogen) atoms. The number of hydrogen-bond acceptors (Lipinski definition) is 8. The molecule has 172 valence electrons. The Morgan fingerprint density at radius 1 is 1.21 bits per heavy atom. The molecule has 0 aliphatic carbocycles. The summed E-state index contributed by atoms with van der Waals surface area (Å²) in [7, 11) is 1.25. The second-order valence-corrected chi connectivity index (χ2v) is 8.29. The number of carbonyl (C=O) groups is 3. The molecular weight excluding hydrogens is 516 g/mol. The van der Waals surface area contributed by atoms with Gasteiger partial charge in [0.05, 0.1) is 23.1 Å². The summed E-state index contributed by atoms with van der Waals surface area (Å²) >= 11 is 4.55. The molecule has 1 aromatic carbocycles. The molecule has 0 saturated heterocycles. The van der Waals surface area contributed by atoms with Gasteiger partial charge in [0.25, 0.3) is 5.91 Å². The summed E-state index contributed by atoms with van der Waals surface area (Å²) in [5.41, 5.74) is 1.36. The fourth-order valence-corrected chi connectivity index (χ4v) is 4.77. The number of carbonyl (C=O) groups excluding carboxylic acids is 3. The number of anilines is 1. The van der Waals surface area contributed by atoms with Gasteiger partial charge >= 0.3 is 11.9 Å². The van der Waals surface area contributed by atoms with Crippen LogP contribution in [-0.4, -0.2) is 38.2 Å². The Hall–Kier alpha value is -3.44. The van der Waals surface area contributed by atoms with Crippen LogP contribution in [0.2, 0.25) is 0 Å². The zero-order valence-corrected chi connectivity index (χ0v) is 20.0. The highest BCUT2D eigenvalue weighted by Gasteiger charge is 2.25. The van der Waals surface area contributed by atoms with E-state index in [9.17, 15) is 19.6 Å². The predicted octanol–water partition coefficient (Wildman–Crippen LogP) is 3.79. The van der Waals surface area contributed by atoms with Crippen LogP contribution >= 0.6 is 27.3 Å². The number of benzene rings is 1. The smallest absolute Gasteiger partial charge is 0.351 e. The molecule has 0 spiro atoms. The summed E-state index contributed by atoms with van der Waals surface area (Å²) in [6.07, 6.45) is 2.46. The highest BCUT2D eigenvalue weighted by atomic mass is 79.9. The van der Waals surface area contributed by atoms with E-state index in [2.05, 4.69) is 21.2 Å². The van der Waals surface area contributed by atoms with Gasteiger partial charge < -0.3 is 24.7 Å². The summed E-state index contributed by atoms with van der Waals surface area (Å²) < 4.78 is 16.3. The first kappa shape index (κ1) is 24.2. The van der Waals surface area contributed by atoms with E-state index < -0.39 is 17.8 Å². The Labute approximate surface area is 201 Å². The van der Waals surface area contributed by atoms with Gasteiger partial charge in [0.1, 0.15) is 5.56 Å². The van der Waals surface area contributed by atoms with Gasteiger partial charge in [-0.25, -0.2) is 9.59 Å². The average molecular weight is 535 g/mol. The van der Waals surface area contributed by atoms with Gasteiger partial charge in [-0.05, 0) is 46.6 Å². The fourth-order valence-electron chi connectivity index (χ4n) is 2.80. The number of methoxy groups -OCH3 is 1. The summed E-state index contributed by atoms with van der Waals surface area (Å²) in [4.78, 5) is 37.3. The van der Waals surface area contributed by atoms with Crippen molar-refractivity contribution >= 4 is 50.8 Å². The molecule has 3 rings (SSSR count). The molecule has 0 unspecified atom stereocenters. The average Bonchev–Trinajstić information content (AvgIpc) is 3.13. The minimum atomic E-state index is -0.620. The zero-order valence-electron chi connectivity index (χ0n) is 17.6. The molecule has 3 aromatic rings. The van der Waals surface area contributed by atoms with Crippen LogP contribution in [0.4, 0.5) is 5.69 Å². The summed E-state index contributed by atoms with van der Waals surface area (Å²) in [6.45, 7) is 1.51. The molecule has 2 aromatic heterocycles. The van der Waals surface area contributed by atoms with Crippen molar-refractivity contribution in [1.82, 2.24) is 0 Å². The Bertz CT molecular complexity index is 1200. The molecule has 11 heteroatoms. The molecule has 0 aliphatic rings. The van der Waals surface area contributed by atoms with Crippen LogP contribution in [-0.2, 0) is 14.3 Å². The third-order valence-corrected chi connectivity index (χ3v) is 6.46. The Kier molecular flexibility index (Phi) is 8.01. The van der Waals surface area contributed by atoms with Crippen molar-refractivity contribution in [2.75, 3.05) is 25.6 Å². The third kappa shape index (κ3) is 5.88. The van der Waals surface area contributed by atoms with Crippen molar-refractivity contribution in [1.29, 1.82) is 0 Å². The zero-order chi connectivity index (χ0) is 24.0. The lowest BCUT2D eigenvalue weighted by molar-refractivity contribution is -0.605. The van der Waals surface area contributed by atoms with Gasteiger partial charge in [-0.1, -0.05) is 12.1 Å².